The summed E-state index contributed by atoms with van der Waals surface area (Å²) in [6, 6.07) is 5.83. The summed E-state index contributed by atoms with van der Waals surface area (Å²) in [6.07, 6.45) is 0.450. The third-order valence-electron chi connectivity index (χ3n) is 4.27. The predicted octanol–water partition coefficient (Wildman–Crippen LogP) is 2.46. The molecule has 4 N–H and O–H groups in total. The number of H-pyrrole nitrogens is 1. The minimum atomic E-state index is -0.876. The smallest absolute Gasteiger partial charge is 0.307 e. The molecule has 0 radical (unpaired) electrons. The highest BCUT2D eigenvalue weighted by Gasteiger charge is 2.40. The van der Waals surface area contributed by atoms with E-state index in [1.165, 1.54) is 11.3 Å². The van der Waals surface area contributed by atoms with Crippen LogP contribution < -0.4 is 5.73 Å². The average molecular weight is 360 g/mol. The number of carboxylic acids is 1. The number of benzene rings is 1. The molecule has 0 aliphatic carbocycles. The zero-order chi connectivity index (χ0) is 18.2. The highest BCUT2D eigenvalue weighted by atomic mass is 32.1. The lowest BCUT2D eigenvalue weighted by Gasteiger charge is -2.32. The molecule has 0 amide bonds. The average Bonchev–Trinajstić information content (AvgIpc) is 3.13. The number of para-hydroxylation sites is 1. The predicted molar refractivity (Wildman–Crippen MR) is 95.2 cm³/mol. The summed E-state index contributed by atoms with van der Waals surface area (Å²) >= 11 is 1.41. The number of hydrogen-bond donors (Lipinski definition) is 3. The highest BCUT2D eigenvalue weighted by molar-refractivity contribution is 7.22. The van der Waals surface area contributed by atoms with Crippen LogP contribution in [0, 0.1) is 11.3 Å². The van der Waals surface area contributed by atoms with Crippen molar-refractivity contribution in [3.05, 3.63) is 29.6 Å². The minimum Gasteiger partial charge on any atom is -0.481 e. The number of rotatable bonds is 5. The first kappa shape index (κ1) is 17.3. The van der Waals surface area contributed by atoms with E-state index >= 15 is 0 Å². The van der Waals surface area contributed by atoms with E-state index in [0.717, 1.165) is 15.8 Å². The number of carbonyl (C=O) groups is 1. The van der Waals surface area contributed by atoms with Crippen LogP contribution in [0.3, 0.4) is 0 Å². The van der Waals surface area contributed by atoms with E-state index in [9.17, 15) is 9.90 Å². The van der Waals surface area contributed by atoms with E-state index in [4.69, 9.17) is 5.73 Å². The van der Waals surface area contributed by atoms with Crippen LogP contribution in [0.2, 0.25) is 0 Å². The van der Waals surface area contributed by atoms with Gasteiger partial charge in [0.15, 0.2) is 11.0 Å². The Balaban J connectivity index is 2.07. The fourth-order valence-corrected chi connectivity index (χ4v) is 4.05. The molecule has 3 rings (SSSR count). The molecule has 0 spiro atoms. The third-order valence-corrected chi connectivity index (χ3v) is 5.12. The summed E-state index contributed by atoms with van der Waals surface area (Å²) in [4.78, 5) is 16.4. The zero-order valence-corrected chi connectivity index (χ0v) is 15.0. The topological polar surface area (TPSA) is 131 Å². The summed E-state index contributed by atoms with van der Waals surface area (Å²) in [5.74, 6) is -1.50. The molecular formula is C16H20N6O2S. The monoisotopic (exact) mass is 360 g/mol. The van der Waals surface area contributed by atoms with Gasteiger partial charge in [-0.25, -0.2) is 10.1 Å². The van der Waals surface area contributed by atoms with Gasteiger partial charge in [0.25, 0.3) is 0 Å². The second-order valence-electron chi connectivity index (χ2n) is 7.10. The maximum Gasteiger partial charge on any atom is 0.307 e. The van der Waals surface area contributed by atoms with E-state index in [-0.39, 0.29) is 0 Å². The van der Waals surface area contributed by atoms with Crippen molar-refractivity contribution < 1.29 is 9.90 Å². The Morgan fingerprint density at radius 2 is 2.16 bits per heavy atom. The standard InChI is InChI=1S/C16H20N6O2S/c1-16(2,3)11(14(23)24)9(13-19-21-22-20-13)7-8-5-4-6-10-12(8)18-15(17)25-10/h4-6,9,11H,7H2,1-3H3,(H2,17,18)(H,23,24)(H,19,20,21,22)/t9-,11-/m0/s1. The number of aliphatic carboxylic acids is 1. The Hall–Kier alpha value is -2.55. The largest absolute Gasteiger partial charge is 0.481 e. The van der Waals surface area contributed by atoms with Crippen molar-refractivity contribution in [1.82, 2.24) is 25.6 Å². The van der Waals surface area contributed by atoms with Gasteiger partial charge in [-0.3, -0.25) is 4.79 Å². The number of aromatic amines is 1. The number of aromatic nitrogens is 5. The summed E-state index contributed by atoms with van der Waals surface area (Å²) in [6.45, 7) is 5.72. The molecule has 0 saturated carbocycles. The maximum atomic E-state index is 12.0. The number of thiazole rings is 1. The van der Waals surface area contributed by atoms with Crippen LogP contribution >= 0.6 is 11.3 Å². The lowest BCUT2D eigenvalue weighted by molar-refractivity contribution is -0.146. The van der Waals surface area contributed by atoms with Crippen molar-refractivity contribution >= 4 is 32.7 Å². The van der Waals surface area contributed by atoms with Gasteiger partial charge < -0.3 is 10.8 Å². The highest BCUT2D eigenvalue weighted by Crippen LogP contribution is 2.40. The van der Waals surface area contributed by atoms with Gasteiger partial charge in [0, 0.05) is 5.92 Å². The van der Waals surface area contributed by atoms with E-state index < -0.39 is 23.2 Å². The van der Waals surface area contributed by atoms with Gasteiger partial charge in [0.05, 0.1) is 16.1 Å². The molecule has 1 aromatic carbocycles. The van der Waals surface area contributed by atoms with Crippen LogP contribution in [0.5, 0.6) is 0 Å². The third kappa shape index (κ3) is 3.46. The Labute approximate surface area is 148 Å². The molecule has 0 unspecified atom stereocenters. The molecule has 132 valence electrons. The van der Waals surface area contributed by atoms with E-state index in [1.54, 1.807) is 0 Å². The molecule has 0 aliphatic rings. The van der Waals surface area contributed by atoms with Crippen LogP contribution in [0.25, 0.3) is 10.2 Å². The first-order valence-electron chi connectivity index (χ1n) is 7.87. The molecule has 0 aliphatic heterocycles. The first-order chi connectivity index (χ1) is 11.8. The minimum absolute atomic E-state index is 0.416. The number of fused-ring (bicyclic) bond motifs is 1. The molecule has 3 aromatic rings. The molecule has 0 bridgehead atoms. The normalized spacial score (nSPS) is 14.5. The van der Waals surface area contributed by atoms with Gasteiger partial charge >= 0.3 is 5.97 Å². The molecule has 0 fully saturated rings. The van der Waals surface area contributed by atoms with Gasteiger partial charge in [-0.2, -0.15) is 0 Å². The summed E-state index contributed by atoms with van der Waals surface area (Å²) < 4.78 is 0.979. The summed E-state index contributed by atoms with van der Waals surface area (Å²) in [7, 11) is 0. The molecule has 9 heteroatoms. The maximum absolute atomic E-state index is 12.0. The van der Waals surface area contributed by atoms with Gasteiger partial charge in [-0.1, -0.05) is 44.2 Å². The van der Waals surface area contributed by atoms with E-state index in [0.29, 0.717) is 17.4 Å². The Bertz CT molecular complexity index is 884. The number of nitrogen functional groups attached to an aromatic ring is 1. The number of nitrogens with one attached hydrogen (secondary N) is 1. The van der Waals surface area contributed by atoms with E-state index in [1.807, 2.05) is 39.0 Å². The Morgan fingerprint density at radius 1 is 1.40 bits per heavy atom. The van der Waals surface area contributed by atoms with Crippen molar-refractivity contribution in [2.45, 2.75) is 33.1 Å². The fourth-order valence-electron chi connectivity index (χ4n) is 3.27. The number of nitrogens with two attached hydrogens (primary N) is 1. The Morgan fingerprint density at radius 3 is 2.76 bits per heavy atom. The lowest BCUT2D eigenvalue weighted by Crippen LogP contribution is -2.35. The van der Waals surface area contributed by atoms with Crippen LogP contribution in [0.4, 0.5) is 5.13 Å². The SMILES string of the molecule is CC(C)(C)[C@H](C(=O)O)[C@H](Cc1cccc2sc(N)nc12)c1nnn[nH]1. The quantitative estimate of drug-likeness (QED) is 0.637. The second-order valence-corrected chi connectivity index (χ2v) is 8.16. The second kappa shape index (κ2) is 6.40. The van der Waals surface area contributed by atoms with Crippen LogP contribution in [-0.2, 0) is 11.2 Å². The van der Waals surface area contributed by atoms with Crippen molar-refractivity contribution in [1.29, 1.82) is 0 Å². The number of nitrogens with zero attached hydrogens (tertiary/aromatic N) is 4. The Kier molecular flexibility index (Phi) is 4.42. The first-order valence-corrected chi connectivity index (χ1v) is 8.69. The molecule has 2 aromatic heterocycles. The van der Waals surface area contributed by atoms with Crippen molar-refractivity contribution in [2.75, 3.05) is 5.73 Å². The molecule has 0 saturated heterocycles. The van der Waals surface area contributed by atoms with Crippen LogP contribution in [0.15, 0.2) is 18.2 Å². The number of tetrazole rings is 1. The fraction of sp³-hybridized carbons (Fsp3) is 0.438. The number of carboxylic acid groups (broad SMARTS) is 1. The molecule has 2 heterocycles. The lowest BCUT2D eigenvalue weighted by atomic mass is 9.71. The number of hydrogen-bond acceptors (Lipinski definition) is 7. The van der Waals surface area contributed by atoms with Gasteiger partial charge in [0.1, 0.15) is 0 Å². The van der Waals surface area contributed by atoms with Crippen molar-refractivity contribution in [3.63, 3.8) is 0 Å². The zero-order valence-electron chi connectivity index (χ0n) is 14.2. The van der Waals surface area contributed by atoms with Crippen molar-refractivity contribution in [3.8, 4) is 0 Å². The van der Waals surface area contributed by atoms with Gasteiger partial charge in [-0.05, 0) is 33.9 Å². The van der Waals surface area contributed by atoms with Crippen molar-refractivity contribution in [2.24, 2.45) is 11.3 Å². The summed E-state index contributed by atoms with van der Waals surface area (Å²) in [5, 5.41) is 24.3. The van der Waals surface area contributed by atoms with Crippen LogP contribution in [-0.4, -0.2) is 36.7 Å². The molecule has 2 atom stereocenters. The summed E-state index contributed by atoms with van der Waals surface area (Å²) in [5.41, 5.74) is 7.10. The molecular weight excluding hydrogens is 340 g/mol. The van der Waals surface area contributed by atoms with Gasteiger partial charge in [0.2, 0.25) is 0 Å². The number of anilines is 1. The van der Waals surface area contributed by atoms with Crippen LogP contribution in [0.1, 0.15) is 38.1 Å². The van der Waals surface area contributed by atoms with E-state index in [2.05, 4.69) is 25.6 Å². The van der Waals surface area contributed by atoms with Gasteiger partial charge in [-0.15, -0.1) is 5.10 Å². The molecule has 25 heavy (non-hydrogen) atoms. The molecule has 8 nitrogen and oxygen atoms in total.